The molecule has 6 heteroatoms. The van der Waals surface area contributed by atoms with E-state index in [0.717, 1.165) is 47.0 Å². The van der Waals surface area contributed by atoms with Crippen LogP contribution in [0.3, 0.4) is 0 Å². The monoisotopic (exact) mass is 438 g/mol. The van der Waals surface area contributed by atoms with Gasteiger partial charge in [-0.2, -0.15) is 0 Å². The molecule has 0 aliphatic carbocycles. The summed E-state index contributed by atoms with van der Waals surface area (Å²) in [4.78, 5) is 13.3. The normalized spacial score (nSPS) is 10.8. The molecule has 0 saturated carbocycles. The van der Waals surface area contributed by atoms with Crippen molar-refractivity contribution in [3.63, 3.8) is 0 Å². The molecule has 0 amide bonds. The first-order chi connectivity index (χ1) is 14.4. The van der Waals surface area contributed by atoms with Gasteiger partial charge >= 0.3 is 18.9 Å². The van der Waals surface area contributed by atoms with Crippen LogP contribution in [0.4, 0.5) is 0 Å². The van der Waals surface area contributed by atoms with Gasteiger partial charge in [0, 0.05) is 17.7 Å². The standard InChI is InChI=1S/C25H35O4P.Li.H/c1-7-10-27-20-15-21(28-11-8-2)24(22(16-20)29-12-9-3)30-25(26)23-18(5)13-17(4)14-19(23)6;;/h13-16,30H,7-12H2,1-6H3;;. The predicted octanol–water partition coefficient (Wildman–Crippen LogP) is 5.47. The number of rotatable bonds is 12. The predicted molar refractivity (Wildman–Crippen MR) is 134 cm³/mol. The molecule has 0 aliphatic heterocycles. The Bertz CT molecular complexity index is 815. The number of hydrogen-bond acceptors (Lipinski definition) is 4. The van der Waals surface area contributed by atoms with E-state index in [1.54, 1.807) is 0 Å². The summed E-state index contributed by atoms with van der Waals surface area (Å²) in [5.41, 5.74) is 4.10. The first kappa shape index (κ1) is 27.6. The molecule has 0 N–H and O–H groups in total. The van der Waals surface area contributed by atoms with Crippen LogP contribution >= 0.6 is 8.58 Å². The number of carbonyl (C=O) groups is 1. The summed E-state index contributed by atoms with van der Waals surface area (Å²) in [6, 6.07) is 7.92. The second kappa shape index (κ2) is 13.8. The molecule has 0 radical (unpaired) electrons. The van der Waals surface area contributed by atoms with Crippen LogP contribution in [0, 0.1) is 20.8 Å². The van der Waals surface area contributed by atoms with Gasteiger partial charge in [0.1, 0.15) is 17.2 Å². The first-order valence-electron chi connectivity index (χ1n) is 10.9. The number of benzene rings is 2. The zero-order chi connectivity index (χ0) is 22.1. The van der Waals surface area contributed by atoms with Gasteiger partial charge in [-0.05, 0) is 59.7 Å². The van der Waals surface area contributed by atoms with Crippen LogP contribution in [0.25, 0.3) is 0 Å². The van der Waals surface area contributed by atoms with E-state index in [1.807, 2.05) is 26.0 Å². The fraction of sp³-hybridized carbons (Fsp3) is 0.480. The number of hydrogen-bond donors (Lipinski definition) is 0. The van der Waals surface area contributed by atoms with E-state index in [9.17, 15) is 4.79 Å². The van der Waals surface area contributed by atoms with Crippen LogP contribution in [-0.4, -0.2) is 44.2 Å². The minimum atomic E-state index is -0.0803. The summed E-state index contributed by atoms with van der Waals surface area (Å²) in [6.07, 6.45) is 2.69. The summed E-state index contributed by atoms with van der Waals surface area (Å²) in [5, 5.41) is 0.824. The maximum absolute atomic E-state index is 13.3. The van der Waals surface area contributed by atoms with Gasteiger partial charge in [0.05, 0.1) is 25.1 Å². The first-order valence-corrected chi connectivity index (χ1v) is 11.9. The zero-order valence-electron chi connectivity index (χ0n) is 19.2. The van der Waals surface area contributed by atoms with Crippen molar-refractivity contribution in [3.8, 4) is 17.2 Å². The topological polar surface area (TPSA) is 44.8 Å². The molecule has 166 valence electrons. The van der Waals surface area contributed by atoms with Gasteiger partial charge in [-0.3, -0.25) is 4.79 Å². The van der Waals surface area contributed by atoms with E-state index < -0.39 is 0 Å². The molecule has 0 spiro atoms. The van der Waals surface area contributed by atoms with E-state index in [4.69, 9.17) is 14.2 Å². The van der Waals surface area contributed by atoms with Gasteiger partial charge in [0.2, 0.25) is 0 Å². The van der Waals surface area contributed by atoms with Crippen LogP contribution in [0.2, 0.25) is 0 Å². The van der Waals surface area contributed by atoms with Crippen LogP contribution in [0.5, 0.6) is 17.2 Å². The molecule has 1 unspecified atom stereocenters. The van der Waals surface area contributed by atoms with Crippen molar-refractivity contribution in [1.29, 1.82) is 0 Å². The molecule has 0 aliphatic rings. The fourth-order valence-corrected chi connectivity index (χ4v) is 4.64. The van der Waals surface area contributed by atoms with Gasteiger partial charge in [0.25, 0.3) is 0 Å². The number of aryl methyl sites for hydroxylation is 3. The quantitative estimate of drug-likeness (QED) is 0.325. The molecule has 0 fully saturated rings. The van der Waals surface area contributed by atoms with Crippen LogP contribution in [0.1, 0.15) is 67.1 Å². The summed E-state index contributed by atoms with van der Waals surface area (Å²) in [6.45, 7) is 14.1. The van der Waals surface area contributed by atoms with Crippen molar-refractivity contribution in [1.82, 2.24) is 0 Å². The second-order valence-corrected chi connectivity index (χ2v) is 8.77. The molecule has 0 saturated heterocycles. The molecular weight excluding hydrogens is 402 g/mol. The third kappa shape index (κ3) is 7.87. The summed E-state index contributed by atoms with van der Waals surface area (Å²) < 4.78 is 17.9. The summed E-state index contributed by atoms with van der Waals surface area (Å²) >= 11 is 0. The molecule has 2 aromatic carbocycles. The van der Waals surface area contributed by atoms with Crippen molar-refractivity contribution in [2.45, 2.75) is 60.8 Å². The summed E-state index contributed by atoms with van der Waals surface area (Å²) in [7, 11) is -0.0803. The Morgan fingerprint density at radius 2 is 1.23 bits per heavy atom. The Balaban J connectivity index is 0.00000480. The van der Waals surface area contributed by atoms with Gasteiger partial charge in [-0.15, -0.1) is 0 Å². The summed E-state index contributed by atoms with van der Waals surface area (Å²) in [5.74, 6) is 2.09. The molecule has 0 bridgehead atoms. The van der Waals surface area contributed by atoms with E-state index in [1.165, 1.54) is 5.56 Å². The fourth-order valence-electron chi connectivity index (χ4n) is 3.36. The Labute approximate surface area is 201 Å². The molecule has 1 atom stereocenters. The van der Waals surface area contributed by atoms with Gasteiger partial charge < -0.3 is 14.2 Å². The van der Waals surface area contributed by atoms with Gasteiger partial charge in [-0.25, -0.2) is 0 Å². The Kier molecular flexibility index (Phi) is 12.3. The molecule has 2 aromatic rings. The zero-order valence-corrected chi connectivity index (χ0v) is 20.2. The van der Waals surface area contributed by atoms with E-state index >= 15 is 0 Å². The van der Waals surface area contributed by atoms with E-state index in [2.05, 4.69) is 39.8 Å². The molecule has 31 heavy (non-hydrogen) atoms. The molecule has 0 aromatic heterocycles. The average molecular weight is 438 g/mol. The van der Waals surface area contributed by atoms with Crippen molar-refractivity contribution in [2.24, 2.45) is 0 Å². The van der Waals surface area contributed by atoms with E-state index in [0.29, 0.717) is 31.3 Å². The van der Waals surface area contributed by atoms with Crippen LogP contribution in [-0.2, 0) is 0 Å². The molecule has 0 heterocycles. The van der Waals surface area contributed by atoms with Crippen LogP contribution in [0.15, 0.2) is 24.3 Å². The molecule has 4 nitrogen and oxygen atoms in total. The SMILES string of the molecule is CCCOc1cc(OCCC)c(PC(=O)c2c(C)cc(C)cc2C)c(OCCC)c1.[LiH]. The molecular formula is C25H36LiO4P. The number of ether oxygens (including phenoxy) is 3. The maximum atomic E-state index is 13.3. The Morgan fingerprint density at radius 3 is 1.68 bits per heavy atom. The van der Waals surface area contributed by atoms with Crippen molar-refractivity contribution < 1.29 is 19.0 Å². The van der Waals surface area contributed by atoms with Crippen LogP contribution < -0.4 is 19.5 Å². The van der Waals surface area contributed by atoms with Gasteiger partial charge in [-0.1, -0.05) is 38.5 Å². The van der Waals surface area contributed by atoms with Crippen molar-refractivity contribution in [3.05, 3.63) is 46.5 Å². The Morgan fingerprint density at radius 1 is 0.774 bits per heavy atom. The number of carbonyl (C=O) groups excluding carboxylic acids is 1. The average Bonchev–Trinajstić information content (AvgIpc) is 2.69. The van der Waals surface area contributed by atoms with E-state index in [-0.39, 0.29) is 33.0 Å². The molecule has 2 rings (SSSR count). The second-order valence-electron chi connectivity index (χ2n) is 7.57. The third-order valence-electron chi connectivity index (χ3n) is 4.58. The van der Waals surface area contributed by atoms with Crippen molar-refractivity contribution >= 4 is 38.3 Å². The third-order valence-corrected chi connectivity index (χ3v) is 5.80. The Hall–Kier alpha value is -1.46. The van der Waals surface area contributed by atoms with Crippen molar-refractivity contribution in [2.75, 3.05) is 19.8 Å². The van der Waals surface area contributed by atoms with Gasteiger partial charge in [0.15, 0.2) is 5.52 Å². The minimum absolute atomic E-state index is 0.